The van der Waals surface area contributed by atoms with Crippen LogP contribution in [0.4, 0.5) is 5.69 Å². The molecule has 6 heteroatoms. The number of hydrogen-bond acceptors (Lipinski definition) is 3. The molecule has 0 saturated heterocycles. The van der Waals surface area contributed by atoms with Gasteiger partial charge in [-0.3, -0.25) is 14.4 Å². The Morgan fingerprint density at radius 2 is 1.85 bits per heavy atom. The summed E-state index contributed by atoms with van der Waals surface area (Å²) in [5.74, 6) is -2.13. The lowest BCUT2D eigenvalue weighted by Gasteiger charge is -2.23. The maximum atomic E-state index is 12.7. The molecule has 0 saturated carbocycles. The van der Waals surface area contributed by atoms with Gasteiger partial charge in [0.1, 0.15) is 0 Å². The van der Waals surface area contributed by atoms with Crippen LogP contribution in [-0.4, -0.2) is 22.9 Å². The van der Waals surface area contributed by atoms with Gasteiger partial charge in [0.25, 0.3) is 5.91 Å². The van der Waals surface area contributed by atoms with Gasteiger partial charge in [-0.15, -0.1) is 0 Å². The number of anilines is 1. The molecule has 2 aromatic rings. The Kier molecular flexibility index (Phi) is 5.02. The molecule has 3 N–H and O–H groups in total. The minimum Gasteiger partial charge on any atom is -0.481 e. The van der Waals surface area contributed by atoms with Crippen molar-refractivity contribution in [3.63, 3.8) is 0 Å². The van der Waals surface area contributed by atoms with Gasteiger partial charge in [-0.25, -0.2) is 0 Å². The monoisotopic (exact) mass is 352 g/mol. The van der Waals surface area contributed by atoms with Crippen LogP contribution in [-0.2, 0) is 16.0 Å². The Balaban J connectivity index is 1.84. The van der Waals surface area contributed by atoms with Crippen LogP contribution in [0, 0.1) is 5.92 Å². The molecule has 0 spiro atoms. The molecule has 0 radical (unpaired) electrons. The molecule has 2 unspecified atom stereocenters. The molecule has 134 valence electrons. The Morgan fingerprint density at radius 3 is 2.54 bits per heavy atom. The number of fused-ring (bicyclic) bond motifs is 1. The van der Waals surface area contributed by atoms with E-state index in [1.807, 2.05) is 18.2 Å². The van der Waals surface area contributed by atoms with Crippen molar-refractivity contribution in [3.8, 4) is 0 Å². The number of benzene rings is 2. The molecule has 0 bridgehead atoms. The topological polar surface area (TPSA) is 95.5 Å². The zero-order valence-electron chi connectivity index (χ0n) is 14.4. The second-order valence-corrected chi connectivity index (χ2v) is 6.41. The first kappa shape index (κ1) is 17.7. The Bertz CT molecular complexity index is 848. The standard InChI is InChI=1S/C20H20N2O4/c1-12(20(25)26)18(13-5-3-2-4-6-13)22-19(24)15-7-9-16-14(11-15)8-10-17(23)21-16/h2-7,9,11-12,18H,8,10H2,1H3,(H,21,23)(H,22,24)(H,25,26). The van der Waals surface area contributed by atoms with Crippen LogP contribution in [0.25, 0.3) is 0 Å². The van der Waals surface area contributed by atoms with Crippen LogP contribution in [0.5, 0.6) is 0 Å². The number of aryl methyl sites for hydroxylation is 1. The van der Waals surface area contributed by atoms with Crippen LogP contribution in [0.15, 0.2) is 48.5 Å². The van der Waals surface area contributed by atoms with Crippen LogP contribution in [0.2, 0.25) is 0 Å². The summed E-state index contributed by atoms with van der Waals surface area (Å²) in [7, 11) is 0. The number of amides is 2. The Morgan fingerprint density at radius 1 is 1.12 bits per heavy atom. The normalized spacial score (nSPS) is 15.3. The molecule has 0 fully saturated rings. The average Bonchev–Trinajstić information content (AvgIpc) is 2.65. The van der Waals surface area contributed by atoms with E-state index in [4.69, 9.17) is 0 Å². The van der Waals surface area contributed by atoms with Crippen LogP contribution < -0.4 is 10.6 Å². The highest BCUT2D eigenvalue weighted by Gasteiger charge is 2.27. The first-order valence-electron chi connectivity index (χ1n) is 8.47. The third-order valence-corrected chi connectivity index (χ3v) is 4.60. The minimum atomic E-state index is -0.979. The summed E-state index contributed by atoms with van der Waals surface area (Å²) in [6, 6.07) is 13.5. The van der Waals surface area contributed by atoms with Gasteiger partial charge in [-0.05, 0) is 42.7 Å². The molecule has 0 aliphatic carbocycles. The maximum absolute atomic E-state index is 12.7. The van der Waals surface area contributed by atoms with Crippen LogP contribution in [0.3, 0.4) is 0 Å². The van der Waals surface area contributed by atoms with Gasteiger partial charge in [0, 0.05) is 17.7 Å². The van der Waals surface area contributed by atoms with Crippen molar-refractivity contribution in [2.75, 3.05) is 5.32 Å². The smallest absolute Gasteiger partial charge is 0.308 e. The van der Waals surface area contributed by atoms with Crippen molar-refractivity contribution in [2.24, 2.45) is 5.92 Å². The fraction of sp³-hybridized carbons (Fsp3) is 0.250. The number of nitrogens with one attached hydrogen (secondary N) is 2. The molecule has 0 aromatic heterocycles. The summed E-state index contributed by atoms with van der Waals surface area (Å²) in [5.41, 5.74) is 2.80. The molecule has 1 heterocycles. The van der Waals surface area contributed by atoms with E-state index < -0.39 is 17.9 Å². The summed E-state index contributed by atoms with van der Waals surface area (Å²) < 4.78 is 0. The third-order valence-electron chi connectivity index (χ3n) is 4.60. The fourth-order valence-corrected chi connectivity index (χ4v) is 3.05. The second kappa shape index (κ2) is 7.39. The number of carboxylic acid groups (broad SMARTS) is 1. The Labute approximate surface area is 151 Å². The first-order valence-corrected chi connectivity index (χ1v) is 8.47. The Hall–Kier alpha value is -3.15. The molecular formula is C20H20N2O4. The molecule has 2 amide bonds. The average molecular weight is 352 g/mol. The third kappa shape index (κ3) is 3.74. The first-order chi connectivity index (χ1) is 12.5. The summed E-state index contributed by atoms with van der Waals surface area (Å²) in [6.07, 6.45) is 0.969. The number of aliphatic carboxylic acids is 1. The summed E-state index contributed by atoms with van der Waals surface area (Å²) in [5, 5.41) is 15.0. The van der Waals surface area contributed by atoms with E-state index in [0.717, 1.165) is 16.8 Å². The largest absolute Gasteiger partial charge is 0.481 e. The van der Waals surface area contributed by atoms with E-state index in [2.05, 4.69) is 10.6 Å². The van der Waals surface area contributed by atoms with Crippen LogP contribution >= 0.6 is 0 Å². The van der Waals surface area contributed by atoms with E-state index in [-0.39, 0.29) is 11.8 Å². The number of carbonyl (C=O) groups excluding carboxylic acids is 2. The molecule has 2 aromatic carbocycles. The lowest BCUT2D eigenvalue weighted by atomic mass is 9.94. The van der Waals surface area contributed by atoms with E-state index >= 15 is 0 Å². The van der Waals surface area contributed by atoms with Gasteiger partial charge in [-0.2, -0.15) is 0 Å². The zero-order valence-corrected chi connectivity index (χ0v) is 14.4. The van der Waals surface area contributed by atoms with E-state index in [9.17, 15) is 19.5 Å². The van der Waals surface area contributed by atoms with Crippen molar-refractivity contribution >= 4 is 23.5 Å². The molecule has 26 heavy (non-hydrogen) atoms. The quantitative estimate of drug-likeness (QED) is 0.771. The zero-order chi connectivity index (χ0) is 18.7. The molecule has 1 aliphatic heterocycles. The van der Waals surface area contributed by atoms with Gasteiger partial charge >= 0.3 is 5.97 Å². The van der Waals surface area contributed by atoms with Gasteiger partial charge in [0.15, 0.2) is 0 Å². The predicted molar refractivity (Wildman–Crippen MR) is 96.8 cm³/mol. The van der Waals surface area contributed by atoms with Crippen molar-refractivity contribution in [1.82, 2.24) is 5.32 Å². The highest BCUT2D eigenvalue weighted by Crippen LogP contribution is 2.26. The molecule has 1 aliphatic rings. The minimum absolute atomic E-state index is 0.0332. The van der Waals surface area contributed by atoms with Gasteiger partial charge in [0.2, 0.25) is 5.91 Å². The van der Waals surface area contributed by atoms with E-state index in [0.29, 0.717) is 18.4 Å². The summed E-state index contributed by atoms with van der Waals surface area (Å²) in [4.78, 5) is 35.6. The molecule has 2 atom stereocenters. The highest BCUT2D eigenvalue weighted by atomic mass is 16.4. The van der Waals surface area contributed by atoms with E-state index in [1.165, 1.54) is 0 Å². The van der Waals surface area contributed by atoms with Crippen LogP contribution in [0.1, 0.15) is 40.9 Å². The summed E-state index contributed by atoms with van der Waals surface area (Å²) >= 11 is 0. The second-order valence-electron chi connectivity index (χ2n) is 6.41. The lowest BCUT2D eigenvalue weighted by Crippen LogP contribution is -2.35. The SMILES string of the molecule is CC(C(=O)O)C(NC(=O)c1ccc2c(c1)CCC(=O)N2)c1ccccc1. The molecule has 6 nitrogen and oxygen atoms in total. The van der Waals surface area contributed by atoms with Crippen molar-refractivity contribution in [3.05, 3.63) is 65.2 Å². The number of carboxylic acids is 1. The number of carbonyl (C=O) groups is 3. The summed E-state index contributed by atoms with van der Waals surface area (Å²) in [6.45, 7) is 1.57. The van der Waals surface area contributed by atoms with Crippen molar-refractivity contribution in [2.45, 2.75) is 25.8 Å². The van der Waals surface area contributed by atoms with E-state index in [1.54, 1.807) is 37.3 Å². The fourth-order valence-electron chi connectivity index (χ4n) is 3.05. The maximum Gasteiger partial charge on any atom is 0.308 e. The van der Waals surface area contributed by atoms with Crippen molar-refractivity contribution < 1.29 is 19.5 Å². The number of rotatable bonds is 5. The number of hydrogen-bond donors (Lipinski definition) is 3. The van der Waals surface area contributed by atoms with Gasteiger partial charge in [0.05, 0.1) is 12.0 Å². The molecule has 3 rings (SSSR count). The lowest BCUT2D eigenvalue weighted by molar-refractivity contribution is -0.142. The molecular weight excluding hydrogens is 332 g/mol. The predicted octanol–water partition coefficient (Wildman–Crippen LogP) is 2.76. The highest BCUT2D eigenvalue weighted by molar-refractivity contribution is 5.98. The van der Waals surface area contributed by atoms with Crippen molar-refractivity contribution in [1.29, 1.82) is 0 Å². The van der Waals surface area contributed by atoms with Gasteiger partial charge < -0.3 is 15.7 Å². The van der Waals surface area contributed by atoms with Gasteiger partial charge in [-0.1, -0.05) is 30.3 Å².